The van der Waals surface area contributed by atoms with Crippen LogP contribution >= 0.6 is 0 Å². The zero-order valence-corrected chi connectivity index (χ0v) is 11.5. The first-order chi connectivity index (χ1) is 8.87. The smallest absolute Gasteiger partial charge is 0.171 e. The van der Waals surface area contributed by atoms with Crippen LogP contribution in [-0.4, -0.2) is 32.1 Å². The van der Waals surface area contributed by atoms with Crippen molar-refractivity contribution < 1.29 is 9.47 Å². The van der Waals surface area contributed by atoms with Crippen LogP contribution in [0, 0.1) is 5.92 Å². The maximum atomic E-state index is 6.03. The summed E-state index contributed by atoms with van der Waals surface area (Å²) in [4.78, 5) is 0. The first-order valence-corrected chi connectivity index (χ1v) is 7.47. The van der Waals surface area contributed by atoms with E-state index in [2.05, 4.69) is 11.9 Å². The van der Waals surface area contributed by atoms with Gasteiger partial charge in [0.2, 0.25) is 0 Å². The van der Waals surface area contributed by atoms with Crippen molar-refractivity contribution in [3.63, 3.8) is 0 Å². The highest BCUT2D eigenvalue weighted by Crippen LogP contribution is 2.41. The second-order valence-corrected chi connectivity index (χ2v) is 5.42. The zero-order chi connectivity index (χ0) is 12.7. The zero-order valence-electron chi connectivity index (χ0n) is 11.5. The fourth-order valence-corrected chi connectivity index (χ4v) is 3.13. The molecular formula is C15H27NO2. The molecule has 1 spiro atoms. The highest BCUT2D eigenvalue weighted by molar-refractivity contribution is 4.86. The van der Waals surface area contributed by atoms with Crippen molar-refractivity contribution in [2.45, 2.75) is 50.7 Å². The molecule has 1 saturated carbocycles. The van der Waals surface area contributed by atoms with Gasteiger partial charge in [-0.25, -0.2) is 0 Å². The van der Waals surface area contributed by atoms with Gasteiger partial charge in [-0.2, -0.15) is 0 Å². The Balaban J connectivity index is 1.78. The third-order valence-corrected chi connectivity index (χ3v) is 4.13. The molecule has 0 aromatic rings. The molecule has 1 heterocycles. The Morgan fingerprint density at radius 2 is 2.00 bits per heavy atom. The van der Waals surface area contributed by atoms with Gasteiger partial charge in [0, 0.05) is 12.3 Å². The van der Waals surface area contributed by atoms with Gasteiger partial charge in [0.15, 0.2) is 5.79 Å². The van der Waals surface area contributed by atoms with Gasteiger partial charge in [-0.1, -0.05) is 12.5 Å². The molecule has 1 saturated heterocycles. The fourth-order valence-electron chi connectivity index (χ4n) is 3.13. The standard InChI is InChI=1S/C15H27NO2/c1-2-3-10-16-11-8-14-7-4-5-9-15(14)17-12-6-13-18-15/h2,14,16H,1,3-13H2. The summed E-state index contributed by atoms with van der Waals surface area (Å²) in [6.07, 6.45) is 10.1. The third-order valence-electron chi connectivity index (χ3n) is 4.13. The number of hydrogen-bond acceptors (Lipinski definition) is 3. The minimum atomic E-state index is -0.239. The first-order valence-electron chi connectivity index (χ1n) is 7.47. The van der Waals surface area contributed by atoms with Crippen LogP contribution in [0.4, 0.5) is 0 Å². The molecule has 0 aromatic heterocycles. The summed E-state index contributed by atoms with van der Waals surface area (Å²) in [7, 11) is 0. The van der Waals surface area contributed by atoms with Crippen LogP contribution in [0.2, 0.25) is 0 Å². The predicted octanol–water partition coefficient (Wildman–Crippen LogP) is 2.87. The van der Waals surface area contributed by atoms with E-state index in [9.17, 15) is 0 Å². The van der Waals surface area contributed by atoms with Crippen LogP contribution in [0.3, 0.4) is 0 Å². The summed E-state index contributed by atoms with van der Waals surface area (Å²) in [5.74, 6) is 0.333. The summed E-state index contributed by atoms with van der Waals surface area (Å²) in [5.41, 5.74) is 0. The maximum Gasteiger partial charge on any atom is 0.171 e. The maximum absolute atomic E-state index is 6.03. The van der Waals surface area contributed by atoms with Crippen molar-refractivity contribution in [1.82, 2.24) is 5.32 Å². The summed E-state index contributed by atoms with van der Waals surface area (Å²) >= 11 is 0. The van der Waals surface area contributed by atoms with Gasteiger partial charge in [0.1, 0.15) is 0 Å². The molecule has 1 aliphatic carbocycles. The van der Waals surface area contributed by atoms with Gasteiger partial charge >= 0.3 is 0 Å². The topological polar surface area (TPSA) is 30.5 Å². The minimum Gasteiger partial charge on any atom is -0.350 e. The summed E-state index contributed by atoms with van der Waals surface area (Å²) < 4.78 is 12.1. The van der Waals surface area contributed by atoms with Gasteiger partial charge < -0.3 is 14.8 Å². The largest absolute Gasteiger partial charge is 0.350 e. The fraction of sp³-hybridized carbons (Fsp3) is 0.867. The Morgan fingerprint density at radius 3 is 2.78 bits per heavy atom. The van der Waals surface area contributed by atoms with Crippen LogP contribution in [0.25, 0.3) is 0 Å². The van der Waals surface area contributed by atoms with E-state index >= 15 is 0 Å². The second-order valence-electron chi connectivity index (χ2n) is 5.42. The van der Waals surface area contributed by atoms with E-state index in [-0.39, 0.29) is 5.79 Å². The first kappa shape index (κ1) is 14.0. The second kappa shape index (κ2) is 7.27. The molecule has 1 aliphatic heterocycles. The number of ether oxygens (including phenoxy) is 2. The van der Waals surface area contributed by atoms with Gasteiger partial charge in [-0.3, -0.25) is 0 Å². The van der Waals surface area contributed by atoms with Crippen molar-refractivity contribution in [2.75, 3.05) is 26.3 Å². The molecule has 0 bridgehead atoms. The van der Waals surface area contributed by atoms with E-state index in [1.54, 1.807) is 0 Å². The van der Waals surface area contributed by atoms with E-state index in [0.717, 1.165) is 52.0 Å². The molecule has 3 heteroatoms. The molecule has 104 valence electrons. The van der Waals surface area contributed by atoms with Gasteiger partial charge in [0.25, 0.3) is 0 Å². The van der Waals surface area contributed by atoms with E-state index in [0.29, 0.717) is 5.92 Å². The van der Waals surface area contributed by atoms with E-state index in [1.165, 1.54) is 19.3 Å². The highest BCUT2D eigenvalue weighted by atomic mass is 16.7. The quantitative estimate of drug-likeness (QED) is 0.583. The Morgan fingerprint density at radius 1 is 1.17 bits per heavy atom. The van der Waals surface area contributed by atoms with Crippen molar-refractivity contribution >= 4 is 0 Å². The van der Waals surface area contributed by atoms with Gasteiger partial charge in [-0.15, -0.1) is 6.58 Å². The SMILES string of the molecule is C=CCCNCCC1CCCCC12OCCCO2. The van der Waals surface area contributed by atoms with Crippen molar-refractivity contribution in [1.29, 1.82) is 0 Å². The van der Waals surface area contributed by atoms with E-state index in [4.69, 9.17) is 9.47 Å². The number of hydrogen-bond donors (Lipinski definition) is 1. The molecule has 18 heavy (non-hydrogen) atoms. The predicted molar refractivity (Wildman–Crippen MR) is 73.5 cm³/mol. The van der Waals surface area contributed by atoms with Crippen LogP contribution in [0.1, 0.15) is 44.9 Å². The summed E-state index contributed by atoms with van der Waals surface area (Å²) in [6, 6.07) is 0. The van der Waals surface area contributed by atoms with E-state index in [1.807, 2.05) is 6.08 Å². The molecule has 2 aliphatic rings. The summed E-state index contributed by atoms with van der Waals surface area (Å²) in [5, 5.41) is 3.47. The third kappa shape index (κ3) is 3.56. The average Bonchev–Trinajstić information content (AvgIpc) is 2.42. The Labute approximate surface area is 111 Å². The number of rotatable bonds is 6. The molecular weight excluding hydrogens is 226 g/mol. The molecule has 2 fully saturated rings. The molecule has 1 unspecified atom stereocenters. The lowest BCUT2D eigenvalue weighted by atomic mass is 9.80. The number of nitrogens with one attached hydrogen (secondary N) is 1. The van der Waals surface area contributed by atoms with Crippen molar-refractivity contribution in [3.8, 4) is 0 Å². The Hall–Kier alpha value is -0.380. The van der Waals surface area contributed by atoms with E-state index < -0.39 is 0 Å². The monoisotopic (exact) mass is 253 g/mol. The summed E-state index contributed by atoms with van der Waals surface area (Å²) in [6.45, 7) is 7.58. The molecule has 2 rings (SSSR count). The van der Waals surface area contributed by atoms with Crippen LogP contribution in [0.15, 0.2) is 12.7 Å². The van der Waals surface area contributed by atoms with Crippen molar-refractivity contribution in [2.24, 2.45) is 5.92 Å². The molecule has 1 atom stereocenters. The molecule has 0 amide bonds. The van der Waals surface area contributed by atoms with Gasteiger partial charge in [-0.05, 0) is 45.2 Å². The van der Waals surface area contributed by atoms with Gasteiger partial charge in [0.05, 0.1) is 13.2 Å². The molecule has 0 aromatic carbocycles. The lowest BCUT2D eigenvalue weighted by molar-refractivity contribution is -0.306. The van der Waals surface area contributed by atoms with Crippen LogP contribution in [-0.2, 0) is 9.47 Å². The van der Waals surface area contributed by atoms with Crippen LogP contribution < -0.4 is 5.32 Å². The highest BCUT2D eigenvalue weighted by Gasteiger charge is 2.43. The molecule has 0 radical (unpaired) electrons. The Kier molecular flexibility index (Phi) is 5.67. The molecule has 3 nitrogen and oxygen atoms in total. The molecule has 1 N–H and O–H groups in total. The normalized spacial score (nSPS) is 27.2. The van der Waals surface area contributed by atoms with Crippen molar-refractivity contribution in [3.05, 3.63) is 12.7 Å². The lowest BCUT2D eigenvalue weighted by Crippen LogP contribution is -2.49. The minimum absolute atomic E-state index is 0.239. The van der Waals surface area contributed by atoms with Crippen LogP contribution in [0.5, 0.6) is 0 Å². The average molecular weight is 253 g/mol. The Bertz CT molecular complexity index is 241. The lowest BCUT2D eigenvalue weighted by Gasteiger charge is -2.46.